The summed E-state index contributed by atoms with van der Waals surface area (Å²) in [6.07, 6.45) is 2.08. The van der Waals surface area contributed by atoms with E-state index in [9.17, 15) is 13.6 Å². The van der Waals surface area contributed by atoms with E-state index in [1.54, 1.807) is 0 Å². The van der Waals surface area contributed by atoms with Crippen LogP contribution >= 0.6 is 0 Å². The van der Waals surface area contributed by atoms with Crippen molar-refractivity contribution in [2.75, 3.05) is 6.61 Å². The molecule has 0 atom stereocenters. The van der Waals surface area contributed by atoms with Gasteiger partial charge in [0.2, 0.25) is 0 Å². The molecule has 1 N–H and O–H groups in total. The van der Waals surface area contributed by atoms with Gasteiger partial charge >= 0.3 is 5.97 Å². The van der Waals surface area contributed by atoms with Gasteiger partial charge in [0.15, 0.2) is 11.6 Å². The number of hydrogen-bond acceptors (Lipinski definition) is 2. The first-order valence-electron chi connectivity index (χ1n) is 4.93. The van der Waals surface area contributed by atoms with Crippen LogP contribution in [0.5, 0.6) is 5.75 Å². The second-order valence-electron chi connectivity index (χ2n) is 3.82. The van der Waals surface area contributed by atoms with Crippen LogP contribution in [0.4, 0.5) is 8.78 Å². The summed E-state index contributed by atoms with van der Waals surface area (Å²) < 4.78 is 31.6. The third kappa shape index (κ3) is 2.29. The minimum Gasteiger partial charge on any atom is -0.490 e. The van der Waals surface area contributed by atoms with E-state index in [4.69, 9.17) is 9.84 Å². The Kier molecular flexibility index (Phi) is 2.77. The molecule has 16 heavy (non-hydrogen) atoms. The molecule has 0 spiro atoms. The lowest BCUT2D eigenvalue weighted by Gasteiger charge is -2.07. The fourth-order valence-corrected chi connectivity index (χ4v) is 1.30. The average Bonchev–Trinajstić information content (AvgIpc) is 3.02. The second kappa shape index (κ2) is 4.08. The van der Waals surface area contributed by atoms with E-state index >= 15 is 0 Å². The van der Waals surface area contributed by atoms with E-state index in [0.717, 1.165) is 18.9 Å². The van der Waals surface area contributed by atoms with Gasteiger partial charge < -0.3 is 9.84 Å². The molecule has 0 aliphatic heterocycles. The molecule has 0 aromatic heterocycles. The third-order valence-electron chi connectivity index (χ3n) is 2.42. The maximum atomic E-state index is 13.3. The van der Waals surface area contributed by atoms with Crippen molar-refractivity contribution in [2.24, 2.45) is 5.92 Å². The van der Waals surface area contributed by atoms with Gasteiger partial charge in [0, 0.05) is 6.07 Å². The Hall–Kier alpha value is -1.65. The minimum atomic E-state index is -1.50. The van der Waals surface area contributed by atoms with Gasteiger partial charge in [-0.2, -0.15) is 0 Å². The molecule has 0 heterocycles. The first-order valence-corrected chi connectivity index (χ1v) is 4.93. The number of halogens is 2. The SMILES string of the molecule is O=C(O)c1cc(F)c(OCC2CC2)cc1F. The van der Waals surface area contributed by atoms with Crippen LogP contribution < -0.4 is 4.74 Å². The average molecular weight is 228 g/mol. The number of carboxylic acids is 1. The zero-order chi connectivity index (χ0) is 11.7. The zero-order valence-corrected chi connectivity index (χ0v) is 8.37. The summed E-state index contributed by atoms with van der Waals surface area (Å²) in [7, 11) is 0. The van der Waals surface area contributed by atoms with E-state index in [0.29, 0.717) is 18.6 Å². The second-order valence-corrected chi connectivity index (χ2v) is 3.82. The maximum absolute atomic E-state index is 13.3. The number of benzene rings is 1. The van der Waals surface area contributed by atoms with Gasteiger partial charge in [-0.15, -0.1) is 0 Å². The van der Waals surface area contributed by atoms with E-state index in [1.807, 2.05) is 0 Å². The third-order valence-corrected chi connectivity index (χ3v) is 2.42. The quantitative estimate of drug-likeness (QED) is 0.860. The predicted molar refractivity (Wildman–Crippen MR) is 51.5 cm³/mol. The van der Waals surface area contributed by atoms with Gasteiger partial charge in [-0.25, -0.2) is 13.6 Å². The Bertz CT molecular complexity index is 427. The number of ether oxygens (including phenoxy) is 1. The Balaban J connectivity index is 2.18. The number of aromatic carboxylic acids is 1. The van der Waals surface area contributed by atoms with Crippen LogP contribution in [0.1, 0.15) is 23.2 Å². The van der Waals surface area contributed by atoms with Gasteiger partial charge in [-0.1, -0.05) is 0 Å². The van der Waals surface area contributed by atoms with Crippen molar-refractivity contribution < 1.29 is 23.4 Å². The molecule has 1 aliphatic carbocycles. The summed E-state index contributed by atoms with van der Waals surface area (Å²) in [5.74, 6) is -3.14. The van der Waals surface area contributed by atoms with Gasteiger partial charge in [0.25, 0.3) is 0 Å². The number of rotatable bonds is 4. The number of carbonyl (C=O) groups is 1. The smallest absolute Gasteiger partial charge is 0.338 e. The normalized spacial score (nSPS) is 14.9. The zero-order valence-electron chi connectivity index (χ0n) is 8.37. The summed E-state index contributed by atoms with van der Waals surface area (Å²) in [6, 6.07) is 1.42. The van der Waals surface area contributed by atoms with Crippen molar-refractivity contribution in [1.29, 1.82) is 0 Å². The Labute approximate surface area is 90.7 Å². The highest BCUT2D eigenvalue weighted by molar-refractivity contribution is 5.88. The van der Waals surface area contributed by atoms with Crippen LogP contribution in [0.3, 0.4) is 0 Å². The van der Waals surface area contributed by atoms with E-state index in [2.05, 4.69) is 0 Å². The fraction of sp³-hybridized carbons (Fsp3) is 0.364. The molecule has 1 aliphatic rings. The van der Waals surface area contributed by atoms with Crippen molar-refractivity contribution in [2.45, 2.75) is 12.8 Å². The van der Waals surface area contributed by atoms with Gasteiger partial charge in [-0.05, 0) is 24.8 Å². The maximum Gasteiger partial charge on any atom is 0.338 e. The van der Waals surface area contributed by atoms with Crippen molar-refractivity contribution in [1.82, 2.24) is 0 Å². The summed E-state index contributed by atoms with van der Waals surface area (Å²) in [6.45, 7) is 0.350. The first kappa shape index (κ1) is 10.9. The van der Waals surface area contributed by atoms with Crippen LogP contribution in [-0.4, -0.2) is 17.7 Å². The van der Waals surface area contributed by atoms with E-state index < -0.39 is 23.2 Å². The Morgan fingerprint density at radius 3 is 2.62 bits per heavy atom. The Morgan fingerprint density at radius 1 is 1.38 bits per heavy atom. The first-order chi connectivity index (χ1) is 7.58. The standard InChI is InChI=1S/C11H10F2O3/c12-8-4-10(16-5-6-1-2-6)9(13)3-7(8)11(14)15/h3-4,6H,1-2,5H2,(H,14,15). The van der Waals surface area contributed by atoms with Crippen LogP contribution in [0.15, 0.2) is 12.1 Å². The molecular weight excluding hydrogens is 218 g/mol. The lowest BCUT2D eigenvalue weighted by molar-refractivity contribution is 0.0691. The highest BCUT2D eigenvalue weighted by Crippen LogP contribution is 2.30. The summed E-state index contributed by atoms with van der Waals surface area (Å²) in [5, 5.41) is 8.56. The van der Waals surface area contributed by atoms with Gasteiger partial charge in [0.05, 0.1) is 12.2 Å². The van der Waals surface area contributed by atoms with Gasteiger partial charge in [0.1, 0.15) is 5.82 Å². The monoisotopic (exact) mass is 228 g/mol. The molecule has 2 rings (SSSR count). The molecule has 0 amide bonds. The summed E-state index contributed by atoms with van der Waals surface area (Å²) in [5.41, 5.74) is -0.684. The lowest BCUT2D eigenvalue weighted by Crippen LogP contribution is -2.05. The molecule has 0 unspecified atom stereocenters. The molecule has 0 bridgehead atoms. The predicted octanol–water partition coefficient (Wildman–Crippen LogP) is 2.45. The fourth-order valence-electron chi connectivity index (χ4n) is 1.30. The van der Waals surface area contributed by atoms with Crippen molar-refractivity contribution in [3.8, 4) is 5.75 Å². The van der Waals surface area contributed by atoms with Crippen molar-refractivity contribution in [3.63, 3.8) is 0 Å². The molecule has 0 saturated heterocycles. The summed E-state index contributed by atoms with van der Waals surface area (Å²) >= 11 is 0. The topological polar surface area (TPSA) is 46.5 Å². The van der Waals surface area contributed by atoms with Crippen LogP contribution in [0.2, 0.25) is 0 Å². The van der Waals surface area contributed by atoms with E-state index in [-0.39, 0.29) is 5.75 Å². The van der Waals surface area contributed by atoms with Crippen molar-refractivity contribution in [3.05, 3.63) is 29.3 Å². The molecule has 1 aromatic rings. The molecule has 5 heteroatoms. The molecule has 0 radical (unpaired) electrons. The van der Waals surface area contributed by atoms with E-state index in [1.165, 1.54) is 0 Å². The molecule has 1 aromatic carbocycles. The summed E-state index contributed by atoms with van der Waals surface area (Å²) in [4.78, 5) is 10.5. The number of hydrogen-bond donors (Lipinski definition) is 1. The molecular formula is C11H10F2O3. The van der Waals surface area contributed by atoms with Crippen LogP contribution in [0.25, 0.3) is 0 Å². The minimum absolute atomic E-state index is 0.227. The van der Waals surface area contributed by atoms with Gasteiger partial charge in [-0.3, -0.25) is 0 Å². The molecule has 86 valence electrons. The number of carboxylic acid groups (broad SMARTS) is 1. The van der Waals surface area contributed by atoms with Crippen LogP contribution in [0, 0.1) is 17.6 Å². The Morgan fingerprint density at radius 2 is 2.06 bits per heavy atom. The van der Waals surface area contributed by atoms with Crippen LogP contribution in [-0.2, 0) is 0 Å². The highest BCUT2D eigenvalue weighted by Gasteiger charge is 2.23. The molecule has 1 fully saturated rings. The largest absolute Gasteiger partial charge is 0.490 e. The highest BCUT2D eigenvalue weighted by atomic mass is 19.1. The molecule has 1 saturated carbocycles. The van der Waals surface area contributed by atoms with Crippen molar-refractivity contribution >= 4 is 5.97 Å². The lowest BCUT2D eigenvalue weighted by atomic mass is 10.2. The molecule has 3 nitrogen and oxygen atoms in total.